The Kier molecular flexibility index (Phi) is 6.00. The molecule has 0 radical (unpaired) electrons. The van der Waals surface area contributed by atoms with Crippen LogP contribution in [0.4, 0.5) is 5.69 Å². The summed E-state index contributed by atoms with van der Waals surface area (Å²) in [6, 6.07) is 5.68. The maximum atomic E-state index is 8.83. The minimum Gasteiger partial charge on any atom is -0.380 e. The Bertz CT molecular complexity index is 373. The van der Waals surface area contributed by atoms with E-state index in [1.54, 1.807) is 12.3 Å². The van der Waals surface area contributed by atoms with Gasteiger partial charge in [-0.1, -0.05) is 0 Å². The molecule has 0 atom stereocenters. The van der Waals surface area contributed by atoms with Gasteiger partial charge in [-0.2, -0.15) is 5.26 Å². The maximum Gasteiger partial charge on any atom is 0.163 e. The Morgan fingerprint density at radius 2 is 2.29 bits per heavy atom. The van der Waals surface area contributed by atoms with Crippen molar-refractivity contribution in [3.63, 3.8) is 0 Å². The fourth-order valence-electron chi connectivity index (χ4n) is 1.24. The lowest BCUT2D eigenvalue weighted by molar-refractivity contribution is 0.126. The molecule has 0 saturated carbocycles. The Morgan fingerprint density at radius 1 is 1.47 bits per heavy atom. The van der Waals surface area contributed by atoms with Gasteiger partial charge in [0.05, 0.1) is 18.9 Å². The fraction of sp³-hybridized carbons (Fsp3) is 0.500. The molecular formula is C12H18N4O. The summed E-state index contributed by atoms with van der Waals surface area (Å²) in [5.74, 6) is 0. The van der Waals surface area contributed by atoms with Crippen LogP contribution < -0.4 is 5.32 Å². The zero-order chi connectivity index (χ0) is 12.5. The number of nitrogens with one attached hydrogen (secondary N) is 1. The van der Waals surface area contributed by atoms with Crippen molar-refractivity contribution in [3.8, 4) is 6.07 Å². The summed E-state index contributed by atoms with van der Waals surface area (Å²) in [6.07, 6.45) is 1.61. The van der Waals surface area contributed by atoms with Gasteiger partial charge in [-0.05, 0) is 26.2 Å². The highest BCUT2D eigenvalue weighted by Gasteiger charge is 2.00. The van der Waals surface area contributed by atoms with Gasteiger partial charge >= 0.3 is 0 Å². The van der Waals surface area contributed by atoms with Crippen molar-refractivity contribution in [1.82, 2.24) is 9.88 Å². The summed E-state index contributed by atoms with van der Waals surface area (Å²) < 4.78 is 5.43. The highest BCUT2D eigenvalue weighted by molar-refractivity contribution is 5.53. The third kappa shape index (κ3) is 5.29. The number of nitriles is 1. The molecule has 0 spiro atoms. The van der Waals surface area contributed by atoms with Crippen LogP contribution in [-0.2, 0) is 4.74 Å². The van der Waals surface area contributed by atoms with Gasteiger partial charge in [0, 0.05) is 19.3 Å². The van der Waals surface area contributed by atoms with Crippen molar-refractivity contribution in [2.24, 2.45) is 0 Å². The first kappa shape index (κ1) is 13.4. The van der Waals surface area contributed by atoms with Crippen LogP contribution in [0.3, 0.4) is 0 Å². The molecule has 0 aliphatic carbocycles. The van der Waals surface area contributed by atoms with Crippen LogP contribution in [0.2, 0.25) is 0 Å². The summed E-state index contributed by atoms with van der Waals surface area (Å²) in [5.41, 5.74) is 1.17. The molecule has 92 valence electrons. The highest BCUT2D eigenvalue weighted by Crippen LogP contribution is 2.09. The lowest BCUT2D eigenvalue weighted by atomic mass is 10.3. The second-order valence-corrected chi connectivity index (χ2v) is 3.85. The molecule has 0 aliphatic rings. The first-order valence-corrected chi connectivity index (χ1v) is 5.55. The van der Waals surface area contributed by atoms with E-state index < -0.39 is 0 Å². The Hall–Kier alpha value is -1.64. The molecule has 1 aromatic heterocycles. The smallest absolute Gasteiger partial charge is 0.163 e. The number of pyridine rings is 1. The van der Waals surface area contributed by atoms with Gasteiger partial charge in [-0.25, -0.2) is 4.98 Å². The van der Waals surface area contributed by atoms with E-state index in [1.807, 2.05) is 26.2 Å². The number of rotatable bonds is 7. The van der Waals surface area contributed by atoms with Gasteiger partial charge in [0.15, 0.2) is 5.69 Å². The zero-order valence-corrected chi connectivity index (χ0v) is 10.3. The number of hydrogen-bond donors (Lipinski definition) is 1. The summed E-state index contributed by atoms with van der Waals surface area (Å²) in [4.78, 5) is 6.04. The predicted octanol–water partition coefficient (Wildman–Crippen LogP) is 0.943. The average Bonchev–Trinajstić information content (AvgIpc) is 2.33. The van der Waals surface area contributed by atoms with E-state index in [2.05, 4.69) is 15.2 Å². The van der Waals surface area contributed by atoms with Crippen LogP contribution in [-0.4, -0.2) is 50.3 Å². The molecule has 5 heteroatoms. The van der Waals surface area contributed by atoms with Crippen LogP contribution in [0.15, 0.2) is 18.3 Å². The first-order valence-electron chi connectivity index (χ1n) is 5.55. The molecule has 1 rings (SSSR count). The van der Waals surface area contributed by atoms with Crippen LogP contribution in [0.1, 0.15) is 5.69 Å². The number of aromatic nitrogens is 1. The van der Waals surface area contributed by atoms with Crippen molar-refractivity contribution >= 4 is 5.69 Å². The fourth-order valence-corrected chi connectivity index (χ4v) is 1.24. The van der Waals surface area contributed by atoms with E-state index in [0.717, 1.165) is 12.2 Å². The average molecular weight is 234 g/mol. The third-order valence-corrected chi connectivity index (χ3v) is 2.16. The van der Waals surface area contributed by atoms with Crippen LogP contribution in [0, 0.1) is 11.3 Å². The molecule has 5 nitrogen and oxygen atoms in total. The molecule has 17 heavy (non-hydrogen) atoms. The van der Waals surface area contributed by atoms with Crippen molar-refractivity contribution in [2.75, 3.05) is 45.7 Å². The van der Waals surface area contributed by atoms with E-state index in [9.17, 15) is 0 Å². The molecule has 0 amide bonds. The summed E-state index contributed by atoms with van der Waals surface area (Å²) in [6.45, 7) is 2.92. The Labute approximate surface area is 102 Å². The quantitative estimate of drug-likeness (QED) is 0.711. The van der Waals surface area contributed by atoms with Crippen LogP contribution in [0.5, 0.6) is 0 Å². The number of hydrogen-bond acceptors (Lipinski definition) is 5. The largest absolute Gasteiger partial charge is 0.380 e. The van der Waals surface area contributed by atoms with Gasteiger partial charge < -0.3 is 15.0 Å². The van der Waals surface area contributed by atoms with E-state index >= 15 is 0 Å². The standard InChI is InChI=1S/C12H18N4O/c1-16(2)7-9-17-8-6-15-11-4-3-5-14-12(11)10-13/h3-5,15H,6-9H2,1-2H3. The molecule has 0 aliphatic heterocycles. The maximum absolute atomic E-state index is 8.83. The number of anilines is 1. The monoisotopic (exact) mass is 234 g/mol. The summed E-state index contributed by atoms with van der Waals surface area (Å²) in [5, 5.41) is 12.0. The molecule has 1 aromatic rings. The third-order valence-electron chi connectivity index (χ3n) is 2.16. The number of ether oxygens (including phenoxy) is 1. The second-order valence-electron chi connectivity index (χ2n) is 3.85. The molecule has 0 unspecified atom stereocenters. The summed E-state index contributed by atoms with van der Waals surface area (Å²) >= 11 is 0. The van der Waals surface area contributed by atoms with E-state index in [4.69, 9.17) is 10.00 Å². The van der Waals surface area contributed by atoms with Gasteiger partial charge in [0.1, 0.15) is 6.07 Å². The van der Waals surface area contributed by atoms with Crippen LogP contribution >= 0.6 is 0 Å². The molecule has 0 aromatic carbocycles. The Morgan fingerprint density at radius 3 is 3.00 bits per heavy atom. The van der Waals surface area contributed by atoms with Crippen molar-refractivity contribution in [2.45, 2.75) is 0 Å². The second kappa shape index (κ2) is 7.60. The predicted molar refractivity (Wildman–Crippen MR) is 66.8 cm³/mol. The van der Waals surface area contributed by atoms with Crippen LogP contribution in [0.25, 0.3) is 0 Å². The van der Waals surface area contributed by atoms with Crippen molar-refractivity contribution in [3.05, 3.63) is 24.0 Å². The molecule has 1 N–H and O–H groups in total. The lowest BCUT2D eigenvalue weighted by Gasteiger charge is -2.11. The SMILES string of the molecule is CN(C)CCOCCNc1cccnc1C#N. The zero-order valence-electron chi connectivity index (χ0n) is 10.3. The first-order chi connectivity index (χ1) is 8.24. The van der Waals surface area contributed by atoms with E-state index in [-0.39, 0.29) is 0 Å². The minimum absolute atomic E-state index is 0.417. The summed E-state index contributed by atoms with van der Waals surface area (Å²) in [7, 11) is 4.02. The number of likely N-dealkylation sites (N-methyl/N-ethyl adjacent to an activating group) is 1. The Balaban J connectivity index is 2.20. The van der Waals surface area contributed by atoms with Gasteiger partial charge in [0.2, 0.25) is 0 Å². The van der Waals surface area contributed by atoms with Crippen molar-refractivity contribution in [1.29, 1.82) is 5.26 Å². The molecular weight excluding hydrogens is 216 g/mol. The molecule has 0 bridgehead atoms. The highest BCUT2D eigenvalue weighted by atomic mass is 16.5. The molecule has 0 fully saturated rings. The topological polar surface area (TPSA) is 61.2 Å². The van der Waals surface area contributed by atoms with E-state index in [1.165, 1.54) is 0 Å². The van der Waals surface area contributed by atoms with Gasteiger partial charge in [0.25, 0.3) is 0 Å². The van der Waals surface area contributed by atoms with Gasteiger partial charge in [-0.3, -0.25) is 0 Å². The lowest BCUT2D eigenvalue weighted by Crippen LogP contribution is -2.20. The van der Waals surface area contributed by atoms with Gasteiger partial charge in [-0.15, -0.1) is 0 Å². The minimum atomic E-state index is 0.417. The molecule has 1 heterocycles. The van der Waals surface area contributed by atoms with E-state index in [0.29, 0.717) is 25.5 Å². The van der Waals surface area contributed by atoms with Crippen molar-refractivity contribution < 1.29 is 4.74 Å². The molecule has 0 saturated heterocycles. The number of nitrogens with zero attached hydrogens (tertiary/aromatic N) is 3. The normalized spacial score (nSPS) is 10.2.